The van der Waals surface area contributed by atoms with E-state index in [2.05, 4.69) is 15.2 Å². The number of ether oxygens (including phenoxy) is 1. The molecule has 6 nitrogen and oxygen atoms in total. The molecule has 1 aliphatic rings. The second kappa shape index (κ2) is 7.08. The van der Waals surface area contributed by atoms with Crippen LogP contribution in [-0.2, 0) is 4.74 Å². The van der Waals surface area contributed by atoms with Crippen LogP contribution in [0.1, 0.15) is 28.5 Å². The van der Waals surface area contributed by atoms with Crippen molar-refractivity contribution in [2.75, 3.05) is 36.5 Å². The van der Waals surface area contributed by atoms with E-state index in [1.165, 1.54) is 11.3 Å². The lowest BCUT2D eigenvalue weighted by molar-refractivity contribution is 0.102. The van der Waals surface area contributed by atoms with Crippen molar-refractivity contribution in [1.82, 2.24) is 4.98 Å². The highest BCUT2D eigenvalue weighted by atomic mass is 32.1. The van der Waals surface area contributed by atoms with Crippen LogP contribution in [-0.4, -0.2) is 37.2 Å². The number of hydrogen-bond acceptors (Lipinski definition) is 6. The van der Waals surface area contributed by atoms with Crippen molar-refractivity contribution in [2.45, 2.75) is 13.0 Å². The second-order valence-electron chi connectivity index (χ2n) is 5.46. The molecule has 1 atom stereocenters. The van der Waals surface area contributed by atoms with Crippen molar-refractivity contribution < 1.29 is 9.53 Å². The Morgan fingerprint density at radius 1 is 1.35 bits per heavy atom. The first-order valence-corrected chi connectivity index (χ1v) is 8.46. The third-order valence-corrected chi connectivity index (χ3v) is 4.69. The van der Waals surface area contributed by atoms with Crippen LogP contribution in [0.5, 0.6) is 0 Å². The summed E-state index contributed by atoms with van der Waals surface area (Å²) in [6, 6.07) is 7.67. The Kier molecular flexibility index (Phi) is 4.90. The van der Waals surface area contributed by atoms with Gasteiger partial charge in [-0.15, -0.1) is 11.3 Å². The van der Waals surface area contributed by atoms with Crippen LogP contribution in [0.25, 0.3) is 0 Å². The lowest BCUT2D eigenvalue weighted by Crippen LogP contribution is -2.36. The number of nitrogens with zero attached hydrogens (tertiary/aromatic N) is 2. The Labute approximate surface area is 139 Å². The molecule has 0 radical (unpaired) electrons. The molecule has 0 spiro atoms. The van der Waals surface area contributed by atoms with E-state index in [9.17, 15) is 4.79 Å². The third kappa shape index (κ3) is 3.87. The molecule has 1 aromatic heterocycles. The Hall–Kier alpha value is -1.96. The molecule has 2 heterocycles. The Morgan fingerprint density at radius 3 is 2.65 bits per heavy atom. The number of thiazole rings is 1. The van der Waals surface area contributed by atoms with Gasteiger partial charge in [0, 0.05) is 29.8 Å². The number of aromatic nitrogens is 1. The summed E-state index contributed by atoms with van der Waals surface area (Å²) in [7, 11) is 0. The Balaban J connectivity index is 1.64. The fraction of sp³-hybridized carbons (Fsp3) is 0.375. The average Bonchev–Trinajstić information content (AvgIpc) is 3.07. The molecule has 122 valence electrons. The van der Waals surface area contributed by atoms with Gasteiger partial charge in [0.1, 0.15) is 10.7 Å². The smallest absolute Gasteiger partial charge is 0.275 e. The zero-order chi connectivity index (χ0) is 16.2. The molecule has 3 N–H and O–H groups in total. The highest BCUT2D eigenvalue weighted by molar-refractivity contribution is 7.09. The van der Waals surface area contributed by atoms with Gasteiger partial charge < -0.3 is 20.7 Å². The predicted molar refractivity (Wildman–Crippen MR) is 92.1 cm³/mol. The molecule has 1 fully saturated rings. The lowest BCUT2D eigenvalue weighted by atomic mass is 10.2. The maximum absolute atomic E-state index is 12.2. The van der Waals surface area contributed by atoms with Crippen LogP contribution < -0.4 is 16.0 Å². The molecule has 1 unspecified atom stereocenters. The average molecular weight is 332 g/mol. The minimum Gasteiger partial charge on any atom is -0.378 e. The van der Waals surface area contributed by atoms with E-state index < -0.39 is 0 Å². The first-order valence-electron chi connectivity index (χ1n) is 7.58. The molecule has 1 saturated heterocycles. The minimum atomic E-state index is -0.215. The van der Waals surface area contributed by atoms with Crippen molar-refractivity contribution in [3.05, 3.63) is 40.3 Å². The molecule has 0 saturated carbocycles. The molecule has 0 aliphatic carbocycles. The van der Waals surface area contributed by atoms with E-state index in [0.29, 0.717) is 5.69 Å². The van der Waals surface area contributed by atoms with Gasteiger partial charge in [-0.2, -0.15) is 0 Å². The first kappa shape index (κ1) is 15.9. The van der Waals surface area contributed by atoms with E-state index in [0.717, 1.165) is 42.7 Å². The number of amides is 1. The number of morpholine rings is 1. The summed E-state index contributed by atoms with van der Waals surface area (Å²) in [6.07, 6.45) is 0. The monoisotopic (exact) mass is 332 g/mol. The van der Waals surface area contributed by atoms with E-state index in [4.69, 9.17) is 10.5 Å². The number of benzene rings is 1. The van der Waals surface area contributed by atoms with E-state index in [1.54, 1.807) is 5.38 Å². The maximum Gasteiger partial charge on any atom is 0.275 e. The number of nitrogens with two attached hydrogens (primary N) is 1. The standard InChI is InChI=1S/C16H20N4O2S/c1-11(17)16-19-14(10-23-16)15(21)18-12-2-4-13(5-3-12)20-6-8-22-9-7-20/h2-5,10-11H,6-9,17H2,1H3,(H,18,21). The number of rotatable bonds is 4. The lowest BCUT2D eigenvalue weighted by Gasteiger charge is -2.28. The van der Waals surface area contributed by atoms with Gasteiger partial charge in [0.05, 0.1) is 19.3 Å². The van der Waals surface area contributed by atoms with Gasteiger partial charge in [-0.25, -0.2) is 4.98 Å². The normalized spacial score (nSPS) is 16.2. The first-order chi connectivity index (χ1) is 11.1. The largest absolute Gasteiger partial charge is 0.378 e. The van der Waals surface area contributed by atoms with Gasteiger partial charge >= 0.3 is 0 Å². The number of carbonyl (C=O) groups is 1. The van der Waals surface area contributed by atoms with Crippen molar-refractivity contribution in [3.63, 3.8) is 0 Å². The molecule has 0 bridgehead atoms. The molecular weight excluding hydrogens is 312 g/mol. The van der Waals surface area contributed by atoms with Crippen LogP contribution >= 0.6 is 11.3 Å². The summed E-state index contributed by atoms with van der Waals surface area (Å²) >= 11 is 1.40. The fourth-order valence-corrected chi connectivity index (χ4v) is 3.13. The van der Waals surface area contributed by atoms with Crippen molar-refractivity contribution in [1.29, 1.82) is 0 Å². The Bertz CT molecular complexity index is 663. The van der Waals surface area contributed by atoms with Gasteiger partial charge in [-0.05, 0) is 31.2 Å². The van der Waals surface area contributed by atoms with E-state index >= 15 is 0 Å². The second-order valence-corrected chi connectivity index (χ2v) is 6.35. The highest BCUT2D eigenvalue weighted by Crippen LogP contribution is 2.20. The van der Waals surface area contributed by atoms with Crippen molar-refractivity contribution in [3.8, 4) is 0 Å². The van der Waals surface area contributed by atoms with Crippen LogP contribution in [0.3, 0.4) is 0 Å². The highest BCUT2D eigenvalue weighted by Gasteiger charge is 2.14. The molecule has 2 aromatic rings. The number of nitrogens with one attached hydrogen (secondary N) is 1. The van der Waals surface area contributed by atoms with Gasteiger partial charge in [-0.1, -0.05) is 0 Å². The number of anilines is 2. The summed E-state index contributed by atoms with van der Waals surface area (Å²) in [6.45, 7) is 5.15. The van der Waals surface area contributed by atoms with Crippen LogP contribution in [0, 0.1) is 0 Å². The zero-order valence-corrected chi connectivity index (χ0v) is 13.8. The van der Waals surface area contributed by atoms with Crippen LogP contribution in [0.4, 0.5) is 11.4 Å². The SMILES string of the molecule is CC(N)c1nc(C(=O)Nc2ccc(N3CCOCC3)cc2)cs1. The molecule has 23 heavy (non-hydrogen) atoms. The van der Waals surface area contributed by atoms with Crippen molar-refractivity contribution >= 4 is 28.6 Å². The van der Waals surface area contributed by atoms with Gasteiger partial charge in [0.15, 0.2) is 0 Å². The summed E-state index contributed by atoms with van der Waals surface area (Å²) in [4.78, 5) is 18.7. The van der Waals surface area contributed by atoms with Crippen molar-refractivity contribution in [2.24, 2.45) is 5.73 Å². The summed E-state index contributed by atoms with van der Waals surface area (Å²) < 4.78 is 5.35. The molecule has 1 amide bonds. The number of hydrogen-bond donors (Lipinski definition) is 2. The van der Waals surface area contributed by atoms with E-state index in [1.807, 2.05) is 31.2 Å². The minimum absolute atomic E-state index is 0.158. The number of carbonyl (C=O) groups excluding carboxylic acids is 1. The zero-order valence-electron chi connectivity index (χ0n) is 13.0. The molecular formula is C16H20N4O2S. The summed E-state index contributed by atoms with van der Waals surface area (Å²) in [5, 5.41) is 5.36. The maximum atomic E-state index is 12.2. The summed E-state index contributed by atoms with van der Waals surface area (Å²) in [5.41, 5.74) is 8.06. The van der Waals surface area contributed by atoms with Gasteiger partial charge in [0.2, 0.25) is 0 Å². The van der Waals surface area contributed by atoms with Gasteiger partial charge in [-0.3, -0.25) is 4.79 Å². The Morgan fingerprint density at radius 2 is 2.04 bits per heavy atom. The molecule has 1 aromatic carbocycles. The molecule has 7 heteroatoms. The predicted octanol–water partition coefficient (Wildman–Crippen LogP) is 2.25. The quantitative estimate of drug-likeness (QED) is 0.897. The fourth-order valence-electron chi connectivity index (χ4n) is 2.37. The van der Waals surface area contributed by atoms with Crippen LogP contribution in [0.15, 0.2) is 29.6 Å². The third-order valence-electron chi connectivity index (χ3n) is 3.65. The summed E-state index contributed by atoms with van der Waals surface area (Å²) in [5.74, 6) is -0.215. The molecule has 1 aliphatic heterocycles. The van der Waals surface area contributed by atoms with E-state index in [-0.39, 0.29) is 11.9 Å². The molecule has 3 rings (SSSR count). The van der Waals surface area contributed by atoms with Crippen LogP contribution in [0.2, 0.25) is 0 Å². The topological polar surface area (TPSA) is 80.5 Å². The van der Waals surface area contributed by atoms with Gasteiger partial charge in [0.25, 0.3) is 5.91 Å².